The number of rotatable bonds is 5. The number of hydrogen-bond donors (Lipinski definition) is 4. The van der Waals surface area contributed by atoms with Gasteiger partial charge in [-0.1, -0.05) is 0 Å². The van der Waals surface area contributed by atoms with Gasteiger partial charge >= 0.3 is 5.97 Å². The number of aryl methyl sites for hydroxylation is 1. The number of aromatic nitrogens is 2. The lowest BCUT2D eigenvalue weighted by Gasteiger charge is -2.30. The minimum atomic E-state index is -1.04. The Morgan fingerprint density at radius 2 is 1.97 bits per heavy atom. The molecule has 0 spiro atoms. The van der Waals surface area contributed by atoms with E-state index in [-0.39, 0.29) is 17.0 Å². The van der Waals surface area contributed by atoms with E-state index in [0.29, 0.717) is 40.1 Å². The molecule has 8 nitrogen and oxygen atoms in total. The number of hydrogen-bond acceptors (Lipinski definition) is 8. The molecule has 1 fully saturated rings. The van der Waals surface area contributed by atoms with Crippen molar-refractivity contribution in [2.45, 2.75) is 44.5 Å². The van der Waals surface area contributed by atoms with Crippen molar-refractivity contribution < 1.29 is 29.2 Å². The van der Waals surface area contributed by atoms with Gasteiger partial charge in [0.1, 0.15) is 39.5 Å². The molecule has 10 heteroatoms. The largest absolute Gasteiger partial charge is 0.488 e. The number of aliphatic hydroxyl groups excluding tert-OH is 2. The van der Waals surface area contributed by atoms with Crippen LogP contribution in [0.15, 0.2) is 24.5 Å². The molecule has 2 unspecified atom stereocenters. The summed E-state index contributed by atoms with van der Waals surface area (Å²) in [6.07, 6.45) is 0.423. The van der Waals surface area contributed by atoms with Gasteiger partial charge in [0.25, 0.3) is 0 Å². The summed E-state index contributed by atoms with van der Waals surface area (Å²) < 4.78 is 19.8. The van der Waals surface area contributed by atoms with Gasteiger partial charge in [-0.15, -0.1) is 11.3 Å². The van der Waals surface area contributed by atoms with Crippen molar-refractivity contribution in [3.63, 3.8) is 0 Å². The van der Waals surface area contributed by atoms with Crippen LogP contribution in [0.1, 0.15) is 34.5 Å². The molecule has 2 aromatic heterocycles. The van der Waals surface area contributed by atoms with Crippen LogP contribution in [-0.2, 0) is 0 Å². The molecule has 1 saturated carbocycles. The smallest absolute Gasteiger partial charge is 0.346 e. The van der Waals surface area contributed by atoms with Gasteiger partial charge in [-0.2, -0.15) is 0 Å². The number of benzene rings is 1. The second-order valence-electron chi connectivity index (χ2n) is 7.28. The minimum Gasteiger partial charge on any atom is -0.488 e. The highest BCUT2D eigenvalue weighted by Gasteiger charge is 2.28. The molecule has 0 amide bonds. The Morgan fingerprint density at radius 1 is 1.23 bits per heavy atom. The summed E-state index contributed by atoms with van der Waals surface area (Å²) in [6, 6.07) is 3.98. The van der Waals surface area contributed by atoms with Crippen LogP contribution in [-0.4, -0.2) is 49.6 Å². The second-order valence-corrected chi connectivity index (χ2v) is 8.28. The average Bonchev–Trinajstić information content (AvgIpc) is 3.01. The fourth-order valence-corrected chi connectivity index (χ4v) is 4.67. The van der Waals surface area contributed by atoms with Crippen molar-refractivity contribution in [1.29, 1.82) is 0 Å². The Morgan fingerprint density at radius 3 is 2.67 bits per heavy atom. The fraction of sp³-hybridized carbons (Fsp3) is 0.350. The number of nitrogens with one attached hydrogen (secondary N) is 1. The van der Waals surface area contributed by atoms with E-state index in [1.807, 2.05) is 0 Å². The molecule has 4 rings (SSSR count). The van der Waals surface area contributed by atoms with Gasteiger partial charge in [0.2, 0.25) is 0 Å². The normalized spacial score (nSPS) is 21.5. The third-order valence-corrected chi connectivity index (χ3v) is 6.21. The predicted octanol–water partition coefficient (Wildman–Crippen LogP) is 3.23. The number of carbonyl (C=O) groups is 1. The van der Waals surface area contributed by atoms with Crippen LogP contribution >= 0.6 is 11.3 Å². The minimum absolute atomic E-state index is 0.175. The Kier molecular flexibility index (Phi) is 5.54. The van der Waals surface area contributed by atoms with Gasteiger partial charge in [0.05, 0.1) is 23.3 Å². The van der Waals surface area contributed by atoms with Gasteiger partial charge in [-0.05, 0) is 31.0 Å². The van der Waals surface area contributed by atoms with E-state index >= 15 is 0 Å². The number of carboxylic acid groups (broad SMARTS) is 1. The zero-order chi connectivity index (χ0) is 21.4. The van der Waals surface area contributed by atoms with Gasteiger partial charge in [-0.3, -0.25) is 0 Å². The molecule has 4 N–H and O–H groups in total. The van der Waals surface area contributed by atoms with Crippen LogP contribution in [0, 0.1) is 12.7 Å². The number of carboxylic acids is 1. The molecule has 2 atom stereocenters. The third kappa shape index (κ3) is 4.07. The molecule has 3 aromatic rings. The zero-order valence-corrected chi connectivity index (χ0v) is 16.8. The first-order valence-corrected chi connectivity index (χ1v) is 10.2. The molecule has 158 valence electrons. The lowest BCUT2D eigenvalue weighted by molar-refractivity contribution is -0.0153. The van der Waals surface area contributed by atoms with E-state index in [0.717, 1.165) is 11.3 Å². The highest BCUT2D eigenvalue weighted by Crippen LogP contribution is 2.37. The molecule has 0 saturated heterocycles. The van der Waals surface area contributed by atoms with E-state index in [1.54, 1.807) is 6.92 Å². The quantitative estimate of drug-likeness (QED) is 0.483. The van der Waals surface area contributed by atoms with E-state index in [1.165, 1.54) is 24.5 Å². The first-order valence-electron chi connectivity index (χ1n) is 9.38. The Labute approximate surface area is 175 Å². The molecule has 0 aliphatic heterocycles. The molecule has 2 heterocycles. The first kappa shape index (κ1) is 20.5. The number of anilines is 2. The molecule has 1 aromatic carbocycles. The molecule has 0 radical (unpaired) electrons. The Hall–Kier alpha value is -2.82. The van der Waals surface area contributed by atoms with Gasteiger partial charge < -0.3 is 25.4 Å². The van der Waals surface area contributed by atoms with Crippen molar-refractivity contribution in [2.75, 3.05) is 5.32 Å². The van der Waals surface area contributed by atoms with Gasteiger partial charge in [-0.25, -0.2) is 19.2 Å². The lowest BCUT2D eigenvalue weighted by Crippen LogP contribution is -2.36. The SMILES string of the molecule is Cc1c(C(=O)O)sc2ncnc(Nc3ccc(F)cc3OC3CC(O)CC(O)C3)c12. The van der Waals surface area contributed by atoms with Gasteiger partial charge in [0.15, 0.2) is 0 Å². The number of aromatic carboxylic acids is 1. The van der Waals surface area contributed by atoms with Crippen LogP contribution < -0.4 is 10.1 Å². The van der Waals surface area contributed by atoms with Crippen LogP contribution in [0.3, 0.4) is 0 Å². The number of halogens is 1. The van der Waals surface area contributed by atoms with Crippen molar-refractivity contribution in [2.24, 2.45) is 0 Å². The van der Waals surface area contributed by atoms with Crippen molar-refractivity contribution in [3.05, 3.63) is 40.8 Å². The maximum Gasteiger partial charge on any atom is 0.346 e. The summed E-state index contributed by atoms with van der Waals surface area (Å²) in [5.74, 6) is -0.956. The topological polar surface area (TPSA) is 125 Å². The van der Waals surface area contributed by atoms with Crippen LogP contribution in [0.5, 0.6) is 5.75 Å². The maximum absolute atomic E-state index is 13.9. The van der Waals surface area contributed by atoms with Crippen LogP contribution in [0.2, 0.25) is 0 Å². The standard InChI is InChI=1S/C20H20FN3O5S/c1-9-16-18(22-8-23-19(16)30-17(9)20(27)28)24-14-3-2-10(21)4-15(14)29-13-6-11(25)5-12(26)7-13/h2-4,8,11-13,25-26H,5-7H2,1H3,(H,27,28)(H,22,23,24). The van der Waals surface area contributed by atoms with Crippen molar-refractivity contribution in [3.8, 4) is 5.75 Å². The average molecular weight is 433 g/mol. The maximum atomic E-state index is 13.9. The van der Waals surface area contributed by atoms with Crippen LogP contribution in [0.25, 0.3) is 10.2 Å². The van der Waals surface area contributed by atoms with Crippen molar-refractivity contribution >= 4 is 39.0 Å². The van der Waals surface area contributed by atoms with Gasteiger partial charge in [0, 0.05) is 18.9 Å². The molecule has 1 aliphatic rings. The number of ether oxygens (including phenoxy) is 1. The van der Waals surface area contributed by atoms with E-state index in [2.05, 4.69) is 15.3 Å². The number of aliphatic hydroxyl groups is 2. The molecular weight excluding hydrogens is 413 g/mol. The molecule has 0 bridgehead atoms. The number of fused-ring (bicyclic) bond motifs is 1. The highest BCUT2D eigenvalue weighted by molar-refractivity contribution is 7.20. The zero-order valence-electron chi connectivity index (χ0n) is 16.0. The summed E-state index contributed by atoms with van der Waals surface area (Å²) in [5.41, 5.74) is 0.960. The number of nitrogens with zero attached hydrogens (tertiary/aromatic N) is 2. The van der Waals surface area contributed by atoms with Crippen LogP contribution in [0.4, 0.5) is 15.9 Å². The van der Waals surface area contributed by atoms with E-state index < -0.39 is 30.1 Å². The summed E-state index contributed by atoms with van der Waals surface area (Å²) in [7, 11) is 0. The summed E-state index contributed by atoms with van der Waals surface area (Å²) in [4.78, 5) is 20.5. The Balaban J connectivity index is 1.68. The predicted molar refractivity (Wildman–Crippen MR) is 109 cm³/mol. The summed E-state index contributed by atoms with van der Waals surface area (Å²) in [6.45, 7) is 1.68. The summed E-state index contributed by atoms with van der Waals surface area (Å²) >= 11 is 1.05. The molecule has 30 heavy (non-hydrogen) atoms. The molecule has 1 aliphatic carbocycles. The first-order chi connectivity index (χ1) is 14.3. The Bertz CT molecular complexity index is 1100. The fourth-order valence-electron chi connectivity index (χ4n) is 3.68. The second kappa shape index (κ2) is 8.13. The van der Waals surface area contributed by atoms with Crippen molar-refractivity contribution in [1.82, 2.24) is 9.97 Å². The molecular formula is C20H20FN3O5S. The summed E-state index contributed by atoms with van der Waals surface area (Å²) in [5, 5.41) is 32.8. The third-order valence-electron chi connectivity index (χ3n) is 5.03. The highest BCUT2D eigenvalue weighted by atomic mass is 32.1. The monoisotopic (exact) mass is 433 g/mol. The lowest BCUT2D eigenvalue weighted by atomic mass is 9.92. The number of thiophene rings is 1. The van der Waals surface area contributed by atoms with E-state index in [9.17, 15) is 24.5 Å². The van der Waals surface area contributed by atoms with E-state index in [4.69, 9.17) is 4.74 Å².